The molecule has 12 heteroatoms. The number of esters is 1. The SMILES string of the molecule is CCN(CCNC(=O)[C@@H](/C=C/NC(=O)CC(=O)OC(C)(C)C)CCCCNC(=O)OC(C)(C)C)C(=O)OCc1ccccc1. The van der Waals surface area contributed by atoms with Crippen LogP contribution in [-0.4, -0.2) is 72.3 Å². The molecule has 0 saturated carbocycles. The van der Waals surface area contributed by atoms with Gasteiger partial charge in [-0.25, -0.2) is 9.59 Å². The number of carbonyl (C=O) groups excluding carboxylic acids is 5. The lowest BCUT2D eigenvalue weighted by Gasteiger charge is -2.21. The van der Waals surface area contributed by atoms with E-state index in [-0.39, 0.29) is 25.6 Å². The van der Waals surface area contributed by atoms with Crippen molar-refractivity contribution >= 4 is 30.0 Å². The van der Waals surface area contributed by atoms with Gasteiger partial charge in [-0.3, -0.25) is 14.4 Å². The van der Waals surface area contributed by atoms with E-state index in [0.29, 0.717) is 32.4 Å². The van der Waals surface area contributed by atoms with Crippen LogP contribution in [0, 0.1) is 5.92 Å². The summed E-state index contributed by atoms with van der Waals surface area (Å²) in [5.41, 5.74) is -0.433. The van der Waals surface area contributed by atoms with Crippen LogP contribution < -0.4 is 16.0 Å². The van der Waals surface area contributed by atoms with Crippen molar-refractivity contribution in [3.05, 3.63) is 48.2 Å². The number of carbonyl (C=O) groups is 5. The fraction of sp³-hybridized carbons (Fsp3) is 0.594. The van der Waals surface area contributed by atoms with Crippen LogP contribution in [-0.2, 0) is 35.2 Å². The van der Waals surface area contributed by atoms with Crippen molar-refractivity contribution in [1.82, 2.24) is 20.9 Å². The van der Waals surface area contributed by atoms with Crippen molar-refractivity contribution in [3.63, 3.8) is 0 Å². The van der Waals surface area contributed by atoms with Gasteiger partial charge in [0.1, 0.15) is 24.2 Å². The molecule has 12 nitrogen and oxygen atoms in total. The van der Waals surface area contributed by atoms with Crippen LogP contribution in [0.4, 0.5) is 9.59 Å². The number of likely N-dealkylation sites (N-methyl/N-ethyl adjacent to an activating group) is 1. The maximum atomic E-state index is 13.1. The molecule has 44 heavy (non-hydrogen) atoms. The molecule has 0 aliphatic heterocycles. The molecule has 1 aromatic carbocycles. The third-order valence-corrected chi connectivity index (χ3v) is 5.77. The standard InChI is InChI=1S/C32H50N4O8/c1-8-36(30(41)42-23-24-14-10-9-11-15-24)21-20-34-28(39)25(16-12-13-18-35-29(40)44-32(5,6)7)17-19-33-26(37)22-27(38)43-31(2,3)4/h9-11,14-15,17,19,25H,8,12-13,16,18,20-23H2,1-7H3,(H,33,37)(H,34,39)(H,35,40)/b19-17+/t25-/m1/s1. The summed E-state index contributed by atoms with van der Waals surface area (Å²) in [5.74, 6) is -2.13. The minimum absolute atomic E-state index is 0.151. The number of ether oxygens (including phenoxy) is 3. The highest BCUT2D eigenvalue weighted by Crippen LogP contribution is 2.12. The Morgan fingerprint density at radius 3 is 2.16 bits per heavy atom. The first-order chi connectivity index (χ1) is 20.6. The van der Waals surface area contributed by atoms with Crippen molar-refractivity contribution in [2.75, 3.05) is 26.2 Å². The van der Waals surface area contributed by atoms with E-state index in [2.05, 4.69) is 16.0 Å². The largest absolute Gasteiger partial charge is 0.460 e. The second-order valence-electron chi connectivity index (χ2n) is 12.1. The molecule has 0 spiro atoms. The molecule has 0 bridgehead atoms. The van der Waals surface area contributed by atoms with Crippen LogP contribution >= 0.6 is 0 Å². The van der Waals surface area contributed by atoms with E-state index in [1.165, 1.54) is 11.1 Å². The number of hydrogen-bond acceptors (Lipinski definition) is 8. The normalized spacial score (nSPS) is 12.2. The Morgan fingerprint density at radius 2 is 1.55 bits per heavy atom. The lowest BCUT2D eigenvalue weighted by Crippen LogP contribution is -2.40. The summed E-state index contributed by atoms with van der Waals surface area (Å²) in [6.07, 6.45) is 3.06. The zero-order valence-corrected chi connectivity index (χ0v) is 27.2. The van der Waals surface area contributed by atoms with Crippen LogP contribution in [0.3, 0.4) is 0 Å². The summed E-state index contributed by atoms with van der Waals surface area (Å²) in [5, 5.41) is 8.04. The molecule has 4 amide bonds. The maximum absolute atomic E-state index is 13.1. The quantitative estimate of drug-likeness (QED) is 0.106. The van der Waals surface area contributed by atoms with Gasteiger partial charge in [0.05, 0.1) is 5.92 Å². The molecule has 0 unspecified atom stereocenters. The van der Waals surface area contributed by atoms with Gasteiger partial charge in [0, 0.05) is 32.4 Å². The molecule has 1 rings (SSSR count). The lowest BCUT2D eigenvalue weighted by atomic mass is 10.0. The lowest BCUT2D eigenvalue weighted by molar-refractivity contribution is -0.156. The molecule has 0 aromatic heterocycles. The fourth-order valence-corrected chi connectivity index (χ4v) is 3.76. The molecule has 0 heterocycles. The minimum Gasteiger partial charge on any atom is -0.460 e. The minimum atomic E-state index is -0.708. The topological polar surface area (TPSA) is 152 Å². The van der Waals surface area contributed by atoms with Crippen LogP contribution in [0.25, 0.3) is 0 Å². The second-order valence-corrected chi connectivity index (χ2v) is 12.1. The summed E-state index contributed by atoms with van der Waals surface area (Å²) in [6, 6.07) is 9.35. The molecule has 246 valence electrons. The highest BCUT2D eigenvalue weighted by atomic mass is 16.6. The number of unbranched alkanes of at least 4 members (excludes halogenated alkanes) is 1. The van der Waals surface area contributed by atoms with Gasteiger partial charge in [-0.15, -0.1) is 0 Å². The van der Waals surface area contributed by atoms with Crippen LogP contribution in [0.2, 0.25) is 0 Å². The average Bonchev–Trinajstić information content (AvgIpc) is 2.91. The average molecular weight is 619 g/mol. The van der Waals surface area contributed by atoms with Crippen molar-refractivity contribution in [2.24, 2.45) is 5.92 Å². The zero-order chi connectivity index (χ0) is 33.2. The smallest absolute Gasteiger partial charge is 0.410 e. The molecular weight excluding hydrogens is 568 g/mol. The van der Waals surface area contributed by atoms with Gasteiger partial charge >= 0.3 is 18.2 Å². The Morgan fingerprint density at radius 1 is 0.886 bits per heavy atom. The Hall–Kier alpha value is -4.09. The molecular formula is C32H50N4O8. The predicted molar refractivity (Wildman–Crippen MR) is 166 cm³/mol. The summed E-state index contributed by atoms with van der Waals surface area (Å²) in [7, 11) is 0. The summed E-state index contributed by atoms with van der Waals surface area (Å²) < 4.78 is 15.8. The number of nitrogens with one attached hydrogen (secondary N) is 3. The second kappa shape index (κ2) is 19.2. The maximum Gasteiger partial charge on any atom is 0.410 e. The Kier molecular flexibility index (Phi) is 16.6. The van der Waals surface area contributed by atoms with Crippen molar-refractivity contribution in [1.29, 1.82) is 0 Å². The summed E-state index contributed by atoms with van der Waals surface area (Å²) >= 11 is 0. The summed E-state index contributed by atoms with van der Waals surface area (Å²) in [4.78, 5) is 63.0. The van der Waals surface area contributed by atoms with Gasteiger partial charge in [-0.05, 0) is 66.9 Å². The van der Waals surface area contributed by atoms with E-state index in [4.69, 9.17) is 14.2 Å². The molecule has 0 saturated heterocycles. The van der Waals surface area contributed by atoms with Crippen molar-refractivity contribution < 1.29 is 38.2 Å². The van der Waals surface area contributed by atoms with E-state index in [1.807, 2.05) is 37.3 Å². The zero-order valence-electron chi connectivity index (χ0n) is 27.2. The van der Waals surface area contributed by atoms with Crippen molar-refractivity contribution in [3.8, 4) is 0 Å². The van der Waals surface area contributed by atoms with E-state index in [1.54, 1.807) is 47.6 Å². The van der Waals surface area contributed by atoms with Gasteiger partial charge in [0.25, 0.3) is 0 Å². The van der Waals surface area contributed by atoms with Crippen LogP contribution in [0.1, 0.15) is 79.7 Å². The first-order valence-electron chi connectivity index (χ1n) is 15.0. The Bertz CT molecular complexity index is 1090. The summed E-state index contributed by atoms with van der Waals surface area (Å²) in [6.45, 7) is 13.7. The molecule has 0 aliphatic carbocycles. The third kappa shape index (κ3) is 18.4. The van der Waals surface area contributed by atoms with E-state index in [0.717, 1.165) is 5.56 Å². The van der Waals surface area contributed by atoms with Gasteiger partial charge in [-0.1, -0.05) is 42.8 Å². The van der Waals surface area contributed by atoms with Crippen LogP contribution in [0.5, 0.6) is 0 Å². The van der Waals surface area contributed by atoms with E-state index in [9.17, 15) is 24.0 Å². The fourth-order valence-electron chi connectivity index (χ4n) is 3.76. The van der Waals surface area contributed by atoms with Gasteiger partial charge in [0.15, 0.2) is 0 Å². The number of benzene rings is 1. The van der Waals surface area contributed by atoms with Gasteiger partial charge in [-0.2, -0.15) is 0 Å². The van der Waals surface area contributed by atoms with Gasteiger partial charge in [0.2, 0.25) is 11.8 Å². The number of hydrogen-bond donors (Lipinski definition) is 3. The monoisotopic (exact) mass is 618 g/mol. The first-order valence-corrected chi connectivity index (χ1v) is 15.0. The molecule has 0 fully saturated rings. The van der Waals surface area contributed by atoms with Crippen molar-refractivity contribution in [2.45, 2.75) is 92.0 Å². The van der Waals surface area contributed by atoms with E-state index < -0.39 is 47.6 Å². The molecule has 0 radical (unpaired) electrons. The predicted octanol–water partition coefficient (Wildman–Crippen LogP) is 4.43. The molecule has 1 aromatic rings. The van der Waals surface area contributed by atoms with Gasteiger partial charge < -0.3 is 35.1 Å². The first kappa shape index (κ1) is 37.9. The highest BCUT2D eigenvalue weighted by molar-refractivity contribution is 5.94. The number of rotatable bonds is 16. The third-order valence-electron chi connectivity index (χ3n) is 5.77. The number of alkyl carbamates (subject to hydrolysis) is 1. The Labute approximate surface area is 261 Å². The highest BCUT2D eigenvalue weighted by Gasteiger charge is 2.20. The molecule has 1 atom stereocenters. The number of amides is 4. The molecule has 0 aliphatic rings. The number of nitrogens with zero attached hydrogens (tertiary/aromatic N) is 1. The Balaban J connectivity index is 2.66. The molecule has 3 N–H and O–H groups in total. The van der Waals surface area contributed by atoms with E-state index >= 15 is 0 Å². The van der Waals surface area contributed by atoms with Crippen LogP contribution in [0.15, 0.2) is 42.6 Å².